The van der Waals surface area contributed by atoms with Crippen LogP contribution in [0.5, 0.6) is 0 Å². The predicted octanol–water partition coefficient (Wildman–Crippen LogP) is 0.706. The van der Waals surface area contributed by atoms with E-state index in [0.717, 1.165) is 25.6 Å². The Morgan fingerprint density at radius 2 is 2.40 bits per heavy atom. The van der Waals surface area contributed by atoms with Crippen LogP contribution in [0.15, 0.2) is 0 Å². The first kappa shape index (κ1) is 11.7. The van der Waals surface area contributed by atoms with Crippen LogP contribution in [-0.2, 0) is 4.74 Å². The van der Waals surface area contributed by atoms with E-state index in [-0.39, 0.29) is 0 Å². The molecule has 0 aromatic carbocycles. The molecule has 0 saturated carbocycles. The number of hydrogen-bond acceptors (Lipinski definition) is 4. The Morgan fingerprint density at radius 1 is 1.47 bits per heavy atom. The third-order valence-corrected chi connectivity index (χ3v) is 4.46. The molecule has 2 saturated heterocycles. The van der Waals surface area contributed by atoms with E-state index in [1.54, 1.807) is 0 Å². The molecule has 2 rings (SSSR count). The van der Waals surface area contributed by atoms with Crippen LogP contribution in [0.1, 0.15) is 13.3 Å². The van der Waals surface area contributed by atoms with Crippen molar-refractivity contribution in [1.82, 2.24) is 10.6 Å². The molecule has 0 spiro atoms. The molecule has 4 heteroatoms. The number of thioether (sulfide) groups is 1. The van der Waals surface area contributed by atoms with E-state index in [0.29, 0.717) is 12.1 Å². The van der Waals surface area contributed by atoms with Gasteiger partial charge in [0.1, 0.15) is 0 Å². The molecular formula is C11H22N2OS. The molecule has 2 fully saturated rings. The van der Waals surface area contributed by atoms with E-state index >= 15 is 0 Å². The zero-order valence-electron chi connectivity index (χ0n) is 9.50. The molecule has 2 heterocycles. The molecule has 2 N–H and O–H groups in total. The quantitative estimate of drug-likeness (QED) is 0.745. The second-order valence-electron chi connectivity index (χ2n) is 4.51. The smallest absolute Gasteiger partial charge is 0.0588 e. The lowest BCUT2D eigenvalue weighted by Gasteiger charge is -2.24. The van der Waals surface area contributed by atoms with Gasteiger partial charge in [0, 0.05) is 43.8 Å². The Labute approximate surface area is 96.7 Å². The molecule has 3 unspecified atom stereocenters. The summed E-state index contributed by atoms with van der Waals surface area (Å²) in [4.78, 5) is 0. The highest BCUT2D eigenvalue weighted by Gasteiger charge is 2.23. The van der Waals surface area contributed by atoms with Crippen molar-refractivity contribution in [2.24, 2.45) is 5.92 Å². The van der Waals surface area contributed by atoms with Crippen LogP contribution in [0.25, 0.3) is 0 Å². The minimum Gasteiger partial charge on any atom is -0.378 e. The summed E-state index contributed by atoms with van der Waals surface area (Å²) >= 11 is 2.06. The Hall–Kier alpha value is 0.230. The topological polar surface area (TPSA) is 33.3 Å². The van der Waals surface area contributed by atoms with Crippen molar-refractivity contribution in [1.29, 1.82) is 0 Å². The summed E-state index contributed by atoms with van der Waals surface area (Å²) in [6.07, 6.45) is 1.67. The first-order valence-electron chi connectivity index (χ1n) is 5.99. The highest BCUT2D eigenvalue weighted by atomic mass is 32.2. The molecule has 2 aliphatic rings. The first-order valence-corrected chi connectivity index (χ1v) is 7.15. The molecule has 0 amide bonds. The van der Waals surface area contributed by atoms with Crippen LogP contribution in [0.3, 0.4) is 0 Å². The Kier molecular flexibility index (Phi) is 4.75. The third-order valence-electron chi connectivity index (χ3n) is 3.33. The van der Waals surface area contributed by atoms with Crippen LogP contribution >= 0.6 is 11.8 Å². The zero-order chi connectivity index (χ0) is 10.5. The van der Waals surface area contributed by atoms with Gasteiger partial charge in [-0.05, 0) is 19.3 Å². The van der Waals surface area contributed by atoms with E-state index in [1.807, 2.05) is 0 Å². The highest BCUT2D eigenvalue weighted by molar-refractivity contribution is 7.99. The molecule has 0 aromatic heterocycles. The summed E-state index contributed by atoms with van der Waals surface area (Å²) in [6, 6.07) is 0.668. The van der Waals surface area contributed by atoms with Crippen molar-refractivity contribution in [3.63, 3.8) is 0 Å². The molecule has 0 bridgehead atoms. The van der Waals surface area contributed by atoms with Gasteiger partial charge in [-0.3, -0.25) is 0 Å². The highest BCUT2D eigenvalue weighted by Crippen LogP contribution is 2.19. The summed E-state index contributed by atoms with van der Waals surface area (Å²) in [5.41, 5.74) is 0. The van der Waals surface area contributed by atoms with Gasteiger partial charge in [0.15, 0.2) is 0 Å². The van der Waals surface area contributed by atoms with E-state index < -0.39 is 0 Å². The lowest BCUT2D eigenvalue weighted by atomic mass is 10.0. The van der Waals surface area contributed by atoms with Gasteiger partial charge in [0.05, 0.1) is 6.10 Å². The maximum atomic E-state index is 5.55. The molecule has 3 atom stereocenters. The van der Waals surface area contributed by atoms with Gasteiger partial charge in [0.2, 0.25) is 0 Å². The van der Waals surface area contributed by atoms with Gasteiger partial charge in [-0.15, -0.1) is 0 Å². The van der Waals surface area contributed by atoms with E-state index in [1.165, 1.54) is 24.5 Å². The minimum atomic E-state index is 0.450. The van der Waals surface area contributed by atoms with Gasteiger partial charge in [-0.2, -0.15) is 11.8 Å². The van der Waals surface area contributed by atoms with Crippen LogP contribution < -0.4 is 10.6 Å². The monoisotopic (exact) mass is 230 g/mol. The largest absolute Gasteiger partial charge is 0.378 e. The van der Waals surface area contributed by atoms with E-state index in [2.05, 4.69) is 29.3 Å². The van der Waals surface area contributed by atoms with Crippen LogP contribution in [-0.4, -0.2) is 49.9 Å². The lowest BCUT2D eigenvalue weighted by molar-refractivity contribution is 0.105. The second kappa shape index (κ2) is 6.09. The molecular weight excluding hydrogens is 208 g/mol. The van der Waals surface area contributed by atoms with Crippen LogP contribution in [0.2, 0.25) is 0 Å². The maximum absolute atomic E-state index is 5.55. The summed E-state index contributed by atoms with van der Waals surface area (Å²) < 4.78 is 5.55. The molecule has 0 radical (unpaired) electrons. The summed E-state index contributed by atoms with van der Waals surface area (Å²) in [5.74, 6) is 3.24. The van der Waals surface area contributed by atoms with Crippen molar-refractivity contribution in [2.75, 3.05) is 37.7 Å². The first-order chi connectivity index (χ1) is 7.36. The molecule has 2 aliphatic heterocycles. The molecule has 0 aliphatic carbocycles. The average molecular weight is 230 g/mol. The molecule has 0 aromatic rings. The summed E-state index contributed by atoms with van der Waals surface area (Å²) in [6.45, 7) is 6.53. The average Bonchev–Trinajstić information content (AvgIpc) is 2.66. The second-order valence-corrected chi connectivity index (χ2v) is 5.66. The van der Waals surface area contributed by atoms with Crippen molar-refractivity contribution in [3.8, 4) is 0 Å². The van der Waals surface area contributed by atoms with Crippen LogP contribution in [0.4, 0.5) is 0 Å². The Bertz CT molecular complexity index is 185. The van der Waals surface area contributed by atoms with Gasteiger partial charge in [-0.25, -0.2) is 0 Å². The lowest BCUT2D eigenvalue weighted by Crippen LogP contribution is -2.45. The number of rotatable bonds is 4. The van der Waals surface area contributed by atoms with Gasteiger partial charge in [-0.1, -0.05) is 0 Å². The fraction of sp³-hybridized carbons (Fsp3) is 1.00. The van der Waals surface area contributed by atoms with E-state index in [4.69, 9.17) is 4.74 Å². The van der Waals surface area contributed by atoms with Crippen molar-refractivity contribution >= 4 is 11.8 Å². The third kappa shape index (κ3) is 3.63. The molecule has 88 valence electrons. The maximum Gasteiger partial charge on any atom is 0.0588 e. The number of hydrogen-bond donors (Lipinski definition) is 2. The van der Waals surface area contributed by atoms with Crippen LogP contribution in [0, 0.1) is 5.92 Å². The van der Waals surface area contributed by atoms with Gasteiger partial charge in [0.25, 0.3) is 0 Å². The van der Waals surface area contributed by atoms with Crippen molar-refractivity contribution < 1.29 is 4.74 Å². The minimum absolute atomic E-state index is 0.450. The Morgan fingerprint density at radius 3 is 3.07 bits per heavy atom. The van der Waals surface area contributed by atoms with E-state index in [9.17, 15) is 0 Å². The van der Waals surface area contributed by atoms with Gasteiger partial charge >= 0.3 is 0 Å². The van der Waals surface area contributed by atoms with Crippen molar-refractivity contribution in [3.05, 3.63) is 0 Å². The number of nitrogens with one attached hydrogen (secondary N) is 2. The van der Waals surface area contributed by atoms with Crippen molar-refractivity contribution in [2.45, 2.75) is 25.5 Å². The SMILES string of the molecule is CC1OCCC1CNCC1CSCCN1. The summed E-state index contributed by atoms with van der Waals surface area (Å²) in [7, 11) is 0. The molecule has 3 nitrogen and oxygen atoms in total. The fourth-order valence-electron chi connectivity index (χ4n) is 2.24. The normalized spacial score (nSPS) is 37.0. The number of ether oxygens (including phenoxy) is 1. The Balaban J connectivity index is 1.57. The summed E-state index contributed by atoms with van der Waals surface area (Å²) in [5, 5.41) is 7.11. The van der Waals surface area contributed by atoms with Gasteiger partial charge < -0.3 is 15.4 Å². The predicted molar refractivity (Wildman–Crippen MR) is 65.5 cm³/mol. The standard InChI is InChI=1S/C11H22N2OS/c1-9-10(2-4-14-9)6-12-7-11-8-15-5-3-13-11/h9-13H,2-8H2,1H3. The zero-order valence-corrected chi connectivity index (χ0v) is 10.3. The fourth-order valence-corrected chi connectivity index (χ4v) is 3.19. The molecule has 15 heavy (non-hydrogen) atoms.